The Morgan fingerprint density at radius 2 is 2.17 bits per heavy atom. The molecule has 0 aliphatic rings. The van der Waals surface area contributed by atoms with Crippen LogP contribution in [0.25, 0.3) is 0 Å². The highest BCUT2D eigenvalue weighted by Crippen LogP contribution is 2.14. The maximum Gasteiger partial charge on any atom is 0.134 e. The summed E-state index contributed by atoms with van der Waals surface area (Å²) in [6.45, 7) is 6.69. The molecule has 0 saturated heterocycles. The van der Waals surface area contributed by atoms with Gasteiger partial charge >= 0.3 is 0 Å². The van der Waals surface area contributed by atoms with Crippen molar-refractivity contribution in [3.05, 3.63) is 11.9 Å². The van der Waals surface area contributed by atoms with Crippen LogP contribution < -0.4 is 10.2 Å². The summed E-state index contributed by atoms with van der Waals surface area (Å²) in [5.74, 6) is 2.65. The van der Waals surface area contributed by atoms with Gasteiger partial charge in [0.25, 0.3) is 0 Å². The molecule has 0 unspecified atom stereocenters. The quantitative estimate of drug-likeness (QED) is 0.718. The van der Waals surface area contributed by atoms with Crippen LogP contribution in [0, 0.1) is 6.92 Å². The van der Waals surface area contributed by atoms with Crippen LogP contribution in [0.15, 0.2) is 6.07 Å². The molecule has 5 heteroatoms. The van der Waals surface area contributed by atoms with Gasteiger partial charge < -0.3 is 15.0 Å². The standard InChI is InChI=1S/C13H24N4O/c1-5-7-14-12-10-13(16-11(2)15-12)17(3)8-6-9-18-4/h10H,5-9H2,1-4H3,(H,14,15,16). The van der Waals surface area contributed by atoms with Gasteiger partial charge in [0.05, 0.1) is 0 Å². The zero-order chi connectivity index (χ0) is 13.4. The lowest BCUT2D eigenvalue weighted by atomic mass is 10.4. The molecule has 0 amide bonds. The molecule has 0 atom stereocenters. The van der Waals surface area contributed by atoms with Crippen LogP contribution in [0.5, 0.6) is 0 Å². The fourth-order valence-electron chi connectivity index (χ4n) is 1.65. The van der Waals surface area contributed by atoms with Crippen LogP contribution in [0.4, 0.5) is 11.6 Å². The first-order chi connectivity index (χ1) is 8.67. The summed E-state index contributed by atoms with van der Waals surface area (Å²) in [6, 6.07) is 2.00. The second-order valence-corrected chi connectivity index (χ2v) is 4.35. The molecular formula is C13H24N4O. The van der Waals surface area contributed by atoms with Gasteiger partial charge in [0.2, 0.25) is 0 Å². The largest absolute Gasteiger partial charge is 0.385 e. The summed E-state index contributed by atoms with van der Waals surface area (Å²) in [6.07, 6.45) is 2.08. The van der Waals surface area contributed by atoms with E-state index in [1.165, 1.54) is 0 Å². The molecule has 0 bridgehead atoms. The predicted octanol–water partition coefficient (Wildman–Crippen LogP) is 2.08. The Bertz CT molecular complexity index is 357. The van der Waals surface area contributed by atoms with Gasteiger partial charge in [0.1, 0.15) is 17.5 Å². The van der Waals surface area contributed by atoms with Crippen molar-refractivity contribution in [3.8, 4) is 0 Å². The van der Waals surface area contributed by atoms with E-state index in [-0.39, 0.29) is 0 Å². The van der Waals surface area contributed by atoms with Gasteiger partial charge in [0, 0.05) is 39.9 Å². The summed E-state index contributed by atoms with van der Waals surface area (Å²) in [5.41, 5.74) is 0. The summed E-state index contributed by atoms with van der Waals surface area (Å²) < 4.78 is 5.06. The Kier molecular flexibility index (Phi) is 6.43. The van der Waals surface area contributed by atoms with Crippen molar-refractivity contribution in [2.45, 2.75) is 26.7 Å². The van der Waals surface area contributed by atoms with Gasteiger partial charge in [-0.1, -0.05) is 6.92 Å². The SMILES string of the molecule is CCCNc1cc(N(C)CCCOC)nc(C)n1. The molecule has 1 aromatic heterocycles. The van der Waals surface area contributed by atoms with E-state index in [0.717, 1.165) is 50.0 Å². The second-order valence-electron chi connectivity index (χ2n) is 4.35. The van der Waals surface area contributed by atoms with E-state index in [4.69, 9.17) is 4.74 Å². The first-order valence-corrected chi connectivity index (χ1v) is 6.47. The van der Waals surface area contributed by atoms with Gasteiger partial charge in [-0.3, -0.25) is 0 Å². The van der Waals surface area contributed by atoms with E-state index in [9.17, 15) is 0 Å². The molecule has 102 valence electrons. The molecule has 0 radical (unpaired) electrons. The van der Waals surface area contributed by atoms with Crippen LogP contribution in [0.3, 0.4) is 0 Å². The van der Waals surface area contributed by atoms with Gasteiger partial charge in [-0.2, -0.15) is 0 Å². The number of rotatable bonds is 8. The van der Waals surface area contributed by atoms with E-state index in [0.29, 0.717) is 0 Å². The number of ether oxygens (including phenoxy) is 1. The van der Waals surface area contributed by atoms with Crippen molar-refractivity contribution in [1.82, 2.24) is 9.97 Å². The lowest BCUT2D eigenvalue weighted by Crippen LogP contribution is -2.21. The predicted molar refractivity (Wildman–Crippen MR) is 75.3 cm³/mol. The summed E-state index contributed by atoms with van der Waals surface area (Å²) in [7, 11) is 3.77. The van der Waals surface area contributed by atoms with E-state index < -0.39 is 0 Å². The van der Waals surface area contributed by atoms with E-state index in [1.807, 2.05) is 20.0 Å². The molecular weight excluding hydrogens is 228 g/mol. The van der Waals surface area contributed by atoms with E-state index in [2.05, 4.69) is 27.1 Å². The minimum atomic E-state index is 0.773. The van der Waals surface area contributed by atoms with Crippen molar-refractivity contribution < 1.29 is 4.74 Å². The number of aromatic nitrogens is 2. The van der Waals surface area contributed by atoms with Crippen molar-refractivity contribution in [1.29, 1.82) is 0 Å². The molecule has 5 nitrogen and oxygen atoms in total. The maximum atomic E-state index is 5.06. The smallest absolute Gasteiger partial charge is 0.134 e. The number of aryl methyl sites for hydroxylation is 1. The summed E-state index contributed by atoms with van der Waals surface area (Å²) >= 11 is 0. The molecule has 0 fully saturated rings. The highest BCUT2D eigenvalue weighted by atomic mass is 16.5. The molecule has 1 rings (SSSR count). The van der Waals surface area contributed by atoms with E-state index >= 15 is 0 Å². The molecule has 1 N–H and O–H groups in total. The second kappa shape index (κ2) is 7.87. The van der Waals surface area contributed by atoms with Crippen LogP contribution in [0.2, 0.25) is 0 Å². The summed E-state index contributed by atoms with van der Waals surface area (Å²) in [5, 5.41) is 3.30. The third-order valence-electron chi connectivity index (χ3n) is 2.61. The third kappa shape index (κ3) is 4.87. The number of hydrogen-bond donors (Lipinski definition) is 1. The minimum Gasteiger partial charge on any atom is -0.385 e. The van der Waals surface area contributed by atoms with Gasteiger partial charge in [-0.05, 0) is 19.8 Å². The molecule has 1 heterocycles. The topological polar surface area (TPSA) is 50.3 Å². The first-order valence-electron chi connectivity index (χ1n) is 6.47. The number of hydrogen-bond acceptors (Lipinski definition) is 5. The molecule has 0 aromatic carbocycles. The number of anilines is 2. The Morgan fingerprint density at radius 3 is 2.83 bits per heavy atom. The molecule has 0 aliphatic carbocycles. The van der Waals surface area contributed by atoms with Gasteiger partial charge in [-0.15, -0.1) is 0 Å². The van der Waals surface area contributed by atoms with Crippen LogP contribution in [-0.4, -0.2) is 43.8 Å². The van der Waals surface area contributed by atoms with Crippen LogP contribution in [0.1, 0.15) is 25.6 Å². The van der Waals surface area contributed by atoms with Gasteiger partial charge in [-0.25, -0.2) is 9.97 Å². The molecule has 0 spiro atoms. The van der Waals surface area contributed by atoms with Crippen molar-refractivity contribution in [2.75, 3.05) is 44.1 Å². The zero-order valence-corrected chi connectivity index (χ0v) is 11.9. The Labute approximate surface area is 110 Å². The monoisotopic (exact) mass is 252 g/mol. The molecule has 0 saturated carbocycles. The fraction of sp³-hybridized carbons (Fsp3) is 0.692. The van der Waals surface area contributed by atoms with Crippen molar-refractivity contribution in [3.63, 3.8) is 0 Å². The van der Waals surface area contributed by atoms with Crippen molar-refractivity contribution >= 4 is 11.6 Å². The Morgan fingerprint density at radius 1 is 1.39 bits per heavy atom. The highest BCUT2D eigenvalue weighted by Gasteiger charge is 2.06. The number of nitrogens with zero attached hydrogens (tertiary/aromatic N) is 3. The zero-order valence-electron chi connectivity index (χ0n) is 11.9. The number of nitrogens with one attached hydrogen (secondary N) is 1. The normalized spacial score (nSPS) is 10.4. The maximum absolute atomic E-state index is 5.06. The average Bonchev–Trinajstić information content (AvgIpc) is 2.36. The van der Waals surface area contributed by atoms with Gasteiger partial charge in [0.15, 0.2) is 0 Å². The number of methoxy groups -OCH3 is 1. The summed E-state index contributed by atoms with van der Waals surface area (Å²) in [4.78, 5) is 11.0. The molecule has 1 aromatic rings. The fourth-order valence-corrected chi connectivity index (χ4v) is 1.65. The Balaban J connectivity index is 2.65. The van der Waals surface area contributed by atoms with Crippen LogP contribution in [-0.2, 0) is 4.74 Å². The highest BCUT2D eigenvalue weighted by molar-refractivity contribution is 5.48. The van der Waals surface area contributed by atoms with E-state index in [1.54, 1.807) is 7.11 Å². The van der Waals surface area contributed by atoms with Crippen LogP contribution >= 0.6 is 0 Å². The average molecular weight is 252 g/mol. The minimum absolute atomic E-state index is 0.773. The molecule has 18 heavy (non-hydrogen) atoms. The third-order valence-corrected chi connectivity index (χ3v) is 2.61. The first kappa shape index (κ1) is 14.7. The van der Waals surface area contributed by atoms with Crippen molar-refractivity contribution in [2.24, 2.45) is 0 Å². The molecule has 0 aliphatic heterocycles. The lowest BCUT2D eigenvalue weighted by Gasteiger charge is -2.19. The lowest BCUT2D eigenvalue weighted by molar-refractivity contribution is 0.196. The Hall–Kier alpha value is -1.36.